The Kier molecular flexibility index (Phi) is 3.77. The average Bonchev–Trinajstić information content (AvgIpc) is 2.19. The van der Waals surface area contributed by atoms with Crippen molar-refractivity contribution in [1.82, 2.24) is 0 Å². The van der Waals surface area contributed by atoms with Crippen molar-refractivity contribution in [2.75, 3.05) is 17.3 Å². The number of nitrogens with zero attached hydrogens (tertiary/aromatic N) is 1. The molecule has 0 saturated carbocycles. The van der Waals surface area contributed by atoms with Gasteiger partial charge in [0.05, 0.1) is 0 Å². The largest absolute Gasteiger partial charge is 0.508 e. The van der Waals surface area contributed by atoms with E-state index in [-0.39, 0.29) is 17.5 Å². The molecular formula is C10H12ClNO2. The molecule has 76 valence electrons. The molecule has 0 fully saturated rings. The van der Waals surface area contributed by atoms with E-state index in [2.05, 4.69) is 0 Å². The Balaban J connectivity index is 2.94. The van der Waals surface area contributed by atoms with Gasteiger partial charge in [0.25, 0.3) is 0 Å². The van der Waals surface area contributed by atoms with Crippen LogP contribution in [0.15, 0.2) is 24.3 Å². The number of amides is 1. The van der Waals surface area contributed by atoms with E-state index in [0.29, 0.717) is 12.2 Å². The van der Waals surface area contributed by atoms with E-state index in [1.165, 1.54) is 11.0 Å². The van der Waals surface area contributed by atoms with Crippen LogP contribution >= 0.6 is 11.6 Å². The van der Waals surface area contributed by atoms with Crippen LogP contribution in [-0.4, -0.2) is 23.4 Å². The second-order valence-corrected chi connectivity index (χ2v) is 3.06. The van der Waals surface area contributed by atoms with Crippen LogP contribution in [0.25, 0.3) is 0 Å². The van der Waals surface area contributed by atoms with Crippen molar-refractivity contribution in [2.45, 2.75) is 6.92 Å². The van der Waals surface area contributed by atoms with Crippen LogP contribution in [-0.2, 0) is 4.79 Å². The first kappa shape index (κ1) is 10.9. The number of carbonyl (C=O) groups excluding carboxylic acids is 1. The van der Waals surface area contributed by atoms with Crippen molar-refractivity contribution in [1.29, 1.82) is 0 Å². The van der Waals surface area contributed by atoms with Crippen molar-refractivity contribution in [3.8, 4) is 5.75 Å². The molecule has 0 radical (unpaired) electrons. The maximum Gasteiger partial charge on any atom is 0.241 e. The summed E-state index contributed by atoms with van der Waals surface area (Å²) < 4.78 is 0. The van der Waals surface area contributed by atoms with E-state index in [0.717, 1.165) is 0 Å². The minimum absolute atomic E-state index is 0.0521. The lowest BCUT2D eigenvalue weighted by molar-refractivity contribution is -0.116. The quantitative estimate of drug-likeness (QED) is 0.781. The summed E-state index contributed by atoms with van der Waals surface area (Å²) in [6.45, 7) is 2.39. The normalized spacial score (nSPS) is 9.86. The van der Waals surface area contributed by atoms with Gasteiger partial charge in [0.15, 0.2) is 0 Å². The van der Waals surface area contributed by atoms with Gasteiger partial charge in [0.1, 0.15) is 11.6 Å². The van der Waals surface area contributed by atoms with Gasteiger partial charge < -0.3 is 10.0 Å². The molecule has 0 heterocycles. The van der Waals surface area contributed by atoms with E-state index < -0.39 is 0 Å². The molecule has 0 atom stereocenters. The summed E-state index contributed by atoms with van der Waals surface area (Å²) in [5, 5.41) is 9.24. The number of phenolic OH excluding ortho intramolecular Hbond substituents is 1. The van der Waals surface area contributed by atoms with E-state index in [4.69, 9.17) is 11.6 Å². The van der Waals surface area contributed by atoms with Crippen LogP contribution in [0.3, 0.4) is 0 Å². The number of carbonyl (C=O) groups is 1. The number of aromatic hydroxyl groups is 1. The lowest BCUT2D eigenvalue weighted by Crippen LogP contribution is -2.31. The fourth-order valence-corrected chi connectivity index (χ4v) is 1.38. The zero-order valence-electron chi connectivity index (χ0n) is 7.90. The molecule has 1 N–H and O–H groups in total. The molecule has 0 bridgehead atoms. The van der Waals surface area contributed by atoms with Crippen molar-refractivity contribution in [3.63, 3.8) is 0 Å². The van der Waals surface area contributed by atoms with Crippen LogP contribution in [0.4, 0.5) is 5.69 Å². The van der Waals surface area contributed by atoms with Gasteiger partial charge >= 0.3 is 0 Å². The highest BCUT2D eigenvalue weighted by Crippen LogP contribution is 2.20. The van der Waals surface area contributed by atoms with Crippen LogP contribution < -0.4 is 4.90 Å². The second-order valence-electron chi connectivity index (χ2n) is 2.79. The number of benzene rings is 1. The monoisotopic (exact) mass is 213 g/mol. The van der Waals surface area contributed by atoms with Crippen LogP contribution in [0.5, 0.6) is 5.75 Å². The molecule has 14 heavy (non-hydrogen) atoms. The molecule has 1 amide bonds. The highest BCUT2D eigenvalue weighted by atomic mass is 35.5. The molecule has 0 saturated heterocycles. The number of halogens is 1. The molecule has 0 aliphatic carbocycles. The van der Waals surface area contributed by atoms with Gasteiger partial charge in [-0.2, -0.15) is 0 Å². The third kappa shape index (κ3) is 2.39. The van der Waals surface area contributed by atoms with Crippen molar-refractivity contribution in [2.24, 2.45) is 0 Å². The van der Waals surface area contributed by atoms with E-state index in [1.54, 1.807) is 18.2 Å². The Morgan fingerprint density at radius 2 is 2.29 bits per heavy atom. The van der Waals surface area contributed by atoms with Crippen molar-refractivity contribution < 1.29 is 9.90 Å². The summed E-state index contributed by atoms with van der Waals surface area (Å²) in [4.78, 5) is 12.9. The van der Waals surface area contributed by atoms with Gasteiger partial charge in [-0.05, 0) is 19.1 Å². The summed E-state index contributed by atoms with van der Waals surface area (Å²) >= 11 is 5.46. The second kappa shape index (κ2) is 4.86. The van der Waals surface area contributed by atoms with Gasteiger partial charge in [-0.15, -0.1) is 11.6 Å². The number of anilines is 1. The number of rotatable bonds is 3. The van der Waals surface area contributed by atoms with Gasteiger partial charge in [-0.3, -0.25) is 4.79 Å². The third-order valence-electron chi connectivity index (χ3n) is 1.87. The predicted molar refractivity (Wildman–Crippen MR) is 56.9 cm³/mol. The first-order valence-electron chi connectivity index (χ1n) is 4.34. The molecular weight excluding hydrogens is 202 g/mol. The molecule has 0 aromatic heterocycles. The molecule has 3 nitrogen and oxygen atoms in total. The van der Waals surface area contributed by atoms with E-state index >= 15 is 0 Å². The van der Waals surface area contributed by atoms with Gasteiger partial charge in [-0.25, -0.2) is 0 Å². The lowest BCUT2D eigenvalue weighted by atomic mass is 10.2. The Labute approximate surface area is 87.9 Å². The Hall–Kier alpha value is -1.22. The van der Waals surface area contributed by atoms with Gasteiger partial charge in [0, 0.05) is 18.3 Å². The fraction of sp³-hybridized carbons (Fsp3) is 0.300. The maximum absolute atomic E-state index is 11.4. The molecule has 1 aromatic rings. The summed E-state index contributed by atoms with van der Waals surface area (Å²) in [5.41, 5.74) is 0.665. The molecule has 0 spiro atoms. The van der Waals surface area contributed by atoms with E-state index in [1.807, 2.05) is 6.92 Å². The minimum atomic E-state index is -0.167. The Morgan fingerprint density at radius 1 is 1.57 bits per heavy atom. The van der Waals surface area contributed by atoms with Crippen LogP contribution in [0.1, 0.15) is 6.92 Å². The Morgan fingerprint density at radius 3 is 2.79 bits per heavy atom. The first-order chi connectivity index (χ1) is 6.69. The number of hydrogen-bond acceptors (Lipinski definition) is 2. The maximum atomic E-state index is 11.4. The van der Waals surface area contributed by atoms with Crippen LogP contribution in [0, 0.1) is 0 Å². The zero-order chi connectivity index (χ0) is 10.6. The van der Waals surface area contributed by atoms with Crippen molar-refractivity contribution in [3.05, 3.63) is 24.3 Å². The summed E-state index contributed by atoms with van der Waals surface area (Å²) in [5.74, 6) is -0.0770. The molecule has 0 unspecified atom stereocenters. The Bertz CT molecular complexity index is 328. The first-order valence-corrected chi connectivity index (χ1v) is 4.87. The number of hydrogen-bond donors (Lipinski definition) is 1. The number of alkyl halides is 1. The summed E-state index contributed by atoms with van der Waals surface area (Å²) in [6, 6.07) is 6.54. The van der Waals surface area contributed by atoms with Gasteiger partial charge in [-0.1, -0.05) is 6.07 Å². The average molecular weight is 214 g/mol. The molecule has 1 rings (SSSR count). The SMILES string of the molecule is CCN(C(=O)CCl)c1cccc(O)c1. The molecule has 0 aliphatic heterocycles. The summed E-state index contributed by atoms with van der Waals surface area (Å²) in [6.07, 6.45) is 0. The summed E-state index contributed by atoms with van der Waals surface area (Å²) in [7, 11) is 0. The molecule has 1 aromatic carbocycles. The lowest BCUT2D eigenvalue weighted by Gasteiger charge is -2.19. The molecule has 0 aliphatic rings. The minimum Gasteiger partial charge on any atom is -0.508 e. The van der Waals surface area contributed by atoms with Crippen molar-refractivity contribution >= 4 is 23.2 Å². The predicted octanol–water partition coefficient (Wildman–Crippen LogP) is 1.98. The topological polar surface area (TPSA) is 40.5 Å². The third-order valence-corrected chi connectivity index (χ3v) is 2.10. The smallest absolute Gasteiger partial charge is 0.241 e. The number of phenols is 1. The van der Waals surface area contributed by atoms with Gasteiger partial charge in [0.2, 0.25) is 5.91 Å². The zero-order valence-corrected chi connectivity index (χ0v) is 8.66. The standard InChI is InChI=1S/C10H12ClNO2/c1-2-12(10(14)7-11)8-4-3-5-9(13)6-8/h3-6,13H,2,7H2,1H3. The fourth-order valence-electron chi connectivity index (χ4n) is 1.24. The highest BCUT2D eigenvalue weighted by Gasteiger charge is 2.12. The highest BCUT2D eigenvalue weighted by molar-refractivity contribution is 6.29. The van der Waals surface area contributed by atoms with Crippen LogP contribution in [0.2, 0.25) is 0 Å². The van der Waals surface area contributed by atoms with E-state index in [9.17, 15) is 9.90 Å². The molecule has 4 heteroatoms.